The fraction of sp³-hybridized carbons (Fsp3) is 0.583. The maximum absolute atomic E-state index is 5.95. The molecular formula is C12H19N3. The van der Waals surface area contributed by atoms with Gasteiger partial charge in [-0.2, -0.15) is 0 Å². The normalized spacial score (nSPS) is 26.7. The molecule has 0 amide bonds. The molecule has 1 aliphatic rings. The zero-order valence-corrected chi connectivity index (χ0v) is 9.48. The molecule has 0 radical (unpaired) electrons. The van der Waals surface area contributed by atoms with Crippen LogP contribution >= 0.6 is 0 Å². The van der Waals surface area contributed by atoms with Crippen LogP contribution in [0.3, 0.4) is 0 Å². The molecule has 0 bridgehead atoms. The van der Waals surface area contributed by atoms with Gasteiger partial charge in [-0.15, -0.1) is 0 Å². The first-order valence-corrected chi connectivity index (χ1v) is 5.62. The van der Waals surface area contributed by atoms with E-state index in [0.29, 0.717) is 12.1 Å². The lowest BCUT2D eigenvalue weighted by atomic mass is 9.99. The van der Waals surface area contributed by atoms with Crippen LogP contribution in [0.15, 0.2) is 18.2 Å². The number of piperidine rings is 1. The average Bonchev–Trinajstić information content (AvgIpc) is 2.17. The first-order valence-electron chi connectivity index (χ1n) is 5.62. The van der Waals surface area contributed by atoms with Gasteiger partial charge in [-0.1, -0.05) is 6.07 Å². The Morgan fingerprint density at radius 1 is 1.47 bits per heavy atom. The second kappa shape index (κ2) is 4.19. The van der Waals surface area contributed by atoms with Gasteiger partial charge >= 0.3 is 0 Å². The molecule has 15 heavy (non-hydrogen) atoms. The van der Waals surface area contributed by atoms with Gasteiger partial charge in [0.2, 0.25) is 0 Å². The smallest absolute Gasteiger partial charge is 0.129 e. The van der Waals surface area contributed by atoms with Crippen molar-refractivity contribution < 1.29 is 0 Å². The third-order valence-corrected chi connectivity index (χ3v) is 3.08. The number of anilines is 1. The average molecular weight is 205 g/mol. The van der Waals surface area contributed by atoms with Crippen LogP contribution in [0.4, 0.5) is 5.82 Å². The quantitative estimate of drug-likeness (QED) is 0.759. The third kappa shape index (κ3) is 2.29. The molecule has 1 saturated heterocycles. The zero-order chi connectivity index (χ0) is 10.8. The Kier molecular flexibility index (Phi) is 2.91. The van der Waals surface area contributed by atoms with Crippen molar-refractivity contribution in [2.45, 2.75) is 38.8 Å². The minimum atomic E-state index is 0.362. The number of nitrogens with zero attached hydrogens (tertiary/aromatic N) is 2. The molecule has 0 aliphatic carbocycles. The lowest BCUT2D eigenvalue weighted by molar-refractivity contribution is 0.427. The highest BCUT2D eigenvalue weighted by atomic mass is 15.2. The van der Waals surface area contributed by atoms with Crippen LogP contribution in [-0.4, -0.2) is 23.6 Å². The van der Waals surface area contributed by atoms with Crippen LogP contribution in [0.25, 0.3) is 0 Å². The molecule has 2 N–H and O–H groups in total. The van der Waals surface area contributed by atoms with Gasteiger partial charge in [0.15, 0.2) is 0 Å². The van der Waals surface area contributed by atoms with E-state index >= 15 is 0 Å². The van der Waals surface area contributed by atoms with Crippen molar-refractivity contribution in [1.29, 1.82) is 0 Å². The van der Waals surface area contributed by atoms with E-state index in [1.807, 2.05) is 13.0 Å². The molecule has 1 fully saturated rings. The highest BCUT2D eigenvalue weighted by Gasteiger charge is 2.23. The number of rotatable bonds is 1. The molecule has 2 atom stereocenters. The molecule has 2 heterocycles. The first kappa shape index (κ1) is 10.4. The minimum Gasteiger partial charge on any atom is -0.354 e. The lowest BCUT2D eigenvalue weighted by Crippen LogP contribution is -2.46. The Hall–Kier alpha value is -1.09. The van der Waals surface area contributed by atoms with E-state index in [0.717, 1.165) is 30.9 Å². The summed E-state index contributed by atoms with van der Waals surface area (Å²) in [5.74, 6) is 1.09. The zero-order valence-electron chi connectivity index (χ0n) is 9.48. The number of hydrogen-bond acceptors (Lipinski definition) is 3. The second-order valence-electron chi connectivity index (χ2n) is 4.46. The van der Waals surface area contributed by atoms with E-state index in [1.54, 1.807) is 0 Å². The molecule has 0 spiro atoms. The third-order valence-electron chi connectivity index (χ3n) is 3.08. The largest absolute Gasteiger partial charge is 0.354 e. The van der Waals surface area contributed by atoms with Crippen LogP contribution in [-0.2, 0) is 0 Å². The van der Waals surface area contributed by atoms with Gasteiger partial charge in [-0.3, -0.25) is 0 Å². The van der Waals surface area contributed by atoms with Gasteiger partial charge in [0.1, 0.15) is 5.82 Å². The van der Waals surface area contributed by atoms with Crippen molar-refractivity contribution in [3.05, 3.63) is 23.9 Å². The maximum atomic E-state index is 5.95. The summed E-state index contributed by atoms with van der Waals surface area (Å²) in [5.41, 5.74) is 7.03. The summed E-state index contributed by atoms with van der Waals surface area (Å²) >= 11 is 0. The van der Waals surface area contributed by atoms with Crippen LogP contribution in [0.2, 0.25) is 0 Å². The first-order chi connectivity index (χ1) is 7.16. The fourth-order valence-electron chi connectivity index (χ4n) is 2.24. The molecule has 1 aromatic heterocycles. The Balaban J connectivity index is 2.17. The standard InChI is InChI=1S/C12H19N3/c1-9-4-3-5-12(14-9)15-7-6-11(13)8-10(15)2/h3-5,10-11H,6-8,13H2,1-2H3. The summed E-state index contributed by atoms with van der Waals surface area (Å²) in [6, 6.07) is 7.05. The number of aromatic nitrogens is 1. The minimum absolute atomic E-state index is 0.362. The Morgan fingerprint density at radius 2 is 2.27 bits per heavy atom. The predicted octanol–water partition coefficient (Wildman–Crippen LogP) is 1.71. The molecular weight excluding hydrogens is 186 g/mol. The lowest BCUT2D eigenvalue weighted by Gasteiger charge is -2.37. The van der Waals surface area contributed by atoms with E-state index in [1.165, 1.54) is 0 Å². The molecule has 2 unspecified atom stereocenters. The van der Waals surface area contributed by atoms with Crippen molar-refractivity contribution in [2.24, 2.45) is 5.73 Å². The summed E-state index contributed by atoms with van der Waals surface area (Å²) < 4.78 is 0. The Labute approximate surface area is 91.3 Å². The van der Waals surface area contributed by atoms with Crippen molar-refractivity contribution in [3.8, 4) is 0 Å². The van der Waals surface area contributed by atoms with Crippen LogP contribution < -0.4 is 10.6 Å². The van der Waals surface area contributed by atoms with Crippen LogP contribution in [0, 0.1) is 6.92 Å². The Morgan fingerprint density at radius 3 is 2.93 bits per heavy atom. The Bertz CT molecular complexity index is 337. The highest BCUT2D eigenvalue weighted by molar-refractivity contribution is 5.41. The van der Waals surface area contributed by atoms with Crippen molar-refractivity contribution >= 4 is 5.82 Å². The molecule has 0 saturated carbocycles. The molecule has 0 aromatic carbocycles. The van der Waals surface area contributed by atoms with E-state index in [2.05, 4.69) is 28.9 Å². The second-order valence-corrected chi connectivity index (χ2v) is 4.46. The molecule has 3 heteroatoms. The SMILES string of the molecule is Cc1cccc(N2CCC(N)CC2C)n1. The van der Waals surface area contributed by atoms with Crippen LogP contribution in [0.1, 0.15) is 25.5 Å². The van der Waals surface area contributed by atoms with Gasteiger partial charge in [0.25, 0.3) is 0 Å². The van der Waals surface area contributed by atoms with Crippen molar-refractivity contribution in [3.63, 3.8) is 0 Å². The molecule has 82 valence electrons. The molecule has 3 nitrogen and oxygen atoms in total. The van der Waals surface area contributed by atoms with Gasteiger partial charge in [-0.25, -0.2) is 4.98 Å². The van der Waals surface area contributed by atoms with Gasteiger partial charge < -0.3 is 10.6 Å². The topological polar surface area (TPSA) is 42.1 Å². The molecule has 1 aliphatic heterocycles. The number of nitrogens with two attached hydrogens (primary N) is 1. The monoisotopic (exact) mass is 205 g/mol. The number of pyridine rings is 1. The predicted molar refractivity (Wildman–Crippen MR) is 63.0 cm³/mol. The summed E-state index contributed by atoms with van der Waals surface area (Å²) in [7, 11) is 0. The number of hydrogen-bond donors (Lipinski definition) is 1. The van der Waals surface area contributed by atoms with Gasteiger partial charge in [-0.05, 0) is 38.8 Å². The number of aryl methyl sites for hydroxylation is 1. The summed E-state index contributed by atoms with van der Waals surface area (Å²) in [6.07, 6.45) is 2.13. The van der Waals surface area contributed by atoms with Crippen molar-refractivity contribution in [2.75, 3.05) is 11.4 Å². The van der Waals surface area contributed by atoms with Crippen molar-refractivity contribution in [1.82, 2.24) is 4.98 Å². The van der Waals surface area contributed by atoms with E-state index in [9.17, 15) is 0 Å². The summed E-state index contributed by atoms with van der Waals surface area (Å²) in [5, 5.41) is 0. The van der Waals surface area contributed by atoms with Gasteiger partial charge in [0.05, 0.1) is 0 Å². The summed E-state index contributed by atoms with van der Waals surface area (Å²) in [4.78, 5) is 6.91. The van der Waals surface area contributed by atoms with Crippen LogP contribution in [0.5, 0.6) is 0 Å². The maximum Gasteiger partial charge on any atom is 0.129 e. The van der Waals surface area contributed by atoms with Gasteiger partial charge in [0, 0.05) is 24.3 Å². The fourth-order valence-corrected chi connectivity index (χ4v) is 2.24. The highest BCUT2D eigenvalue weighted by Crippen LogP contribution is 2.22. The van der Waals surface area contributed by atoms with E-state index in [4.69, 9.17) is 5.73 Å². The van der Waals surface area contributed by atoms with E-state index in [-0.39, 0.29) is 0 Å². The molecule has 2 rings (SSSR count). The van der Waals surface area contributed by atoms with E-state index < -0.39 is 0 Å². The molecule has 1 aromatic rings. The summed E-state index contributed by atoms with van der Waals surface area (Å²) in [6.45, 7) is 5.28.